The van der Waals surface area contributed by atoms with Gasteiger partial charge in [0.2, 0.25) is 5.91 Å². The minimum atomic E-state index is -0.252. The van der Waals surface area contributed by atoms with Gasteiger partial charge in [0.25, 0.3) is 0 Å². The van der Waals surface area contributed by atoms with E-state index in [0.29, 0.717) is 27.2 Å². The van der Waals surface area contributed by atoms with Gasteiger partial charge < -0.3 is 9.84 Å². The smallest absolute Gasteiger partial charge is 0.230 e. The van der Waals surface area contributed by atoms with Crippen LogP contribution in [0.1, 0.15) is 11.5 Å². The maximum atomic E-state index is 11.8. The third-order valence-electron chi connectivity index (χ3n) is 2.25. The van der Waals surface area contributed by atoms with Crippen LogP contribution in [0.3, 0.4) is 0 Å². The topological polar surface area (TPSA) is 55.1 Å². The highest BCUT2D eigenvalue weighted by Gasteiger charge is 2.11. The van der Waals surface area contributed by atoms with Crippen LogP contribution in [0.25, 0.3) is 0 Å². The molecule has 1 aromatic carbocycles. The monoisotopic (exact) mass is 284 g/mol. The second-order valence-electron chi connectivity index (χ2n) is 3.75. The molecule has 0 aliphatic heterocycles. The number of benzene rings is 1. The van der Waals surface area contributed by atoms with E-state index < -0.39 is 0 Å². The number of aromatic nitrogens is 1. The lowest BCUT2D eigenvalue weighted by Gasteiger charge is -2.07. The summed E-state index contributed by atoms with van der Waals surface area (Å²) in [4.78, 5) is 11.8. The fourth-order valence-corrected chi connectivity index (χ4v) is 1.96. The van der Waals surface area contributed by atoms with Gasteiger partial charge in [0.05, 0.1) is 27.8 Å². The first-order valence-corrected chi connectivity index (χ1v) is 5.98. The SMILES string of the molecule is Cc1cc(CC(=O)Nc2c(Cl)cccc2Cl)no1. The lowest BCUT2D eigenvalue weighted by molar-refractivity contribution is -0.115. The third kappa shape index (κ3) is 3.03. The van der Waals surface area contributed by atoms with Gasteiger partial charge in [-0.2, -0.15) is 0 Å². The molecule has 0 aliphatic rings. The number of rotatable bonds is 3. The second kappa shape index (κ2) is 5.42. The van der Waals surface area contributed by atoms with Crippen LogP contribution in [-0.4, -0.2) is 11.1 Å². The number of amides is 1. The van der Waals surface area contributed by atoms with E-state index >= 15 is 0 Å². The molecule has 0 saturated heterocycles. The molecule has 0 bridgehead atoms. The summed E-state index contributed by atoms with van der Waals surface area (Å²) in [6, 6.07) is 6.72. The Morgan fingerprint density at radius 3 is 2.61 bits per heavy atom. The Hall–Kier alpha value is -1.52. The average molecular weight is 285 g/mol. The zero-order chi connectivity index (χ0) is 13.1. The molecule has 2 aromatic rings. The lowest BCUT2D eigenvalue weighted by atomic mass is 10.2. The van der Waals surface area contributed by atoms with E-state index in [2.05, 4.69) is 10.5 Å². The van der Waals surface area contributed by atoms with Gasteiger partial charge in [-0.1, -0.05) is 34.4 Å². The molecule has 0 saturated carbocycles. The summed E-state index contributed by atoms with van der Waals surface area (Å²) in [5.41, 5.74) is 0.972. The van der Waals surface area contributed by atoms with Crippen LogP contribution < -0.4 is 5.32 Å². The zero-order valence-electron chi connectivity index (χ0n) is 9.54. The first kappa shape index (κ1) is 12.9. The third-order valence-corrected chi connectivity index (χ3v) is 2.88. The van der Waals surface area contributed by atoms with Crippen LogP contribution >= 0.6 is 23.2 Å². The predicted molar refractivity (Wildman–Crippen MR) is 70.0 cm³/mol. The quantitative estimate of drug-likeness (QED) is 0.939. The highest BCUT2D eigenvalue weighted by atomic mass is 35.5. The van der Waals surface area contributed by atoms with Crippen molar-refractivity contribution in [3.05, 3.63) is 45.8 Å². The number of hydrogen-bond donors (Lipinski definition) is 1. The molecule has 1 heterocycles. The molecule has 94 valence electrons. The molecule has 2 rings (SSSR count). The van der Waals surface area contributed by atoms with Gasteiger partial charge in [0.1, 0.15) is 5.76 Å². The summed E-state index contributed by atoms with van der Waals surface area (Å²) < 4.78 is 4.88. The van der Waals surface area contributed by atoms with E-state index in [1.54, 1.807) is 31.2 Å². The lowest BCUT2D eigenvalue weighted by Crippen LogP contribution is -2.15. The predicted octanol–water partition coefficient (Wildman–Crippen LogP) is 3.47. The van der Waals surface area contributed by atoms with Crippen LogP contribution in [-0.2, 0) is 11.2 Å². The molecule has 1 amide bonds. The van der Waals surface area contributed by atoms with Gasteiger partial charge in [0, 0.05) is 6.07 Å². The number of hydrogen-bond acceptors (Lipinski definition) is 3. The van der Waals surface area contributed by atoms with E-state index in [4.69, 9.17) is 27.7 Å². The molecular formula is C12H10Cl2N2O2. The van der Waals surface area contributed by atoms with Gasteiger partial charge in [-0.05, 0) is 19.1 Å². The van der Waals surface area contributed by atoms with Crippen molar-refractivity contribution in [2.75, 3.05) is 5.32 Å². The van der Waals surface area contributed by atoms with Crippen molar-refractivity contribution in [2.24, 2.45) is 0 Å². The number of para-hydroxylation sites is 1. The van der Waals surface area contributed by atoms with Crippen molar-refractivity contribution in [1.82, 2.24) is 5.16 Å². The van der Waals surface area contributed by atoms with Gasteiger partial charge in [0.15, 0.2) is 0 Å². The van der Waals surface area contributed by atoms with E-state index in [1.165, 1.54) is 0 Å². The van der Waals surface area contributed by atoms with Crippen molar-refractivity contribution < 1.29 is 9.32 Å². The van der Waals surface area contributed by atoms with Crippen LogP contribution in [0.15, 0.2) is 28.8 Å². The summed E-state index contributed by atoms with van der Waals surface area (Å²) >= 11 is 11.9. The number of halogens is 2. The van der Waals surface area contributed by atoms with Crippen molar-refractivity contribution in [1.29, 1.82) is 0 Å². The largest absolute Gasteiger partial charge is 0.361 e. The Kier molecular flexibility index (Phi) is 3.89. The standard InChI is InChI=1S/C12H10Cl2N2O2/c1-7-5-8(16-18-7)6-11(17)15-12-9(13)3-2-4-10(12)14/h2-5H,6H2,1H3,(H,15,17). The first-order valence-electron chi connectivity index (χ1n) is 5.22. The van der Waals surface area contributed by atoms with Crippen molar-refractivity contribution in [3.8, 4) is 0 Å². The van der Waals surface area contributed by atoms with E-state index in [-0.39, 0.29) is 12.3 Å². The van der Waals surface area contributed by atoms with Gasteiger partial charge in [-0.15, -0.1) is 0 Å². The van der Waals surface area contributed by atoms with Crippen molar-refractivity contribution in [2.45, 2.75) is 13.3 Å². The second-order valence-corrected chi connectivity index (χ2v) is 4.56. The molecule has 1 N–H and O–H groups in total. The summed E-state index contributed by atoms with van der Waals surface area (Å²) in [7, 11) is 0. The molecule has 4 nitrogen and oxygen atoms in total. The average Bonchev–Trinajstić information content (AvgIpc) is 2.69. The normalized spacial score (nSPS) is 10.4. The summed E-state index contributed by atoms with van der Waals surface area (Å²) in [6.07, 6.45) is 0.110. The molecule has 18 heavy (non-hydrogen) atoms. The molecule has 0 unspecified atom stereocenters. The van der Waals surface area contributed by atoms with Crippen LogP contribution in [0, 0.1) is 6.92 Å². The Morgan fingerprint density at radius 2 is 2.06 bits per heavy atom. The Bertz CT molecular complexity index is 561. The number of aryl methyl sites for hydroxylation is 1. The molecule has 0 radical (unpaired) electrons. The van der Waals surface area contributed by atoms with Crippen LogP contribution in [0.4, 0.5) is 5.69 Å². The number of carbonyl (C=O) groups is 1. The molecule has 0 atom stereocenters. The fourth-order valence-electron chi connectivity index (χ4n) is 1.47. The summed E-state index contributed by atoms with van der Waals surface area (Å²) in [5, 5.41) is 7.18. The van der Waals surface area contributed by atoms with E-state index in [1.807, 2.05) is 0 Å². The van der Waals surface area contributed by atoms with Gasteiger partial charge in [-0.25, -0.2) is 0 Å². The van der Waals surface area contributed by atoms with E-state index in [0.717, 1.165) is 0 Å². The minimum absolute atomic E-state index is 0.110. The molecular weight excluding hydrogens is 275 g/mol. The van der Waals surface area contributed by atoms with Gasteiger partial charge >= 0.3 is 0 Å². The highest BCUT2D eigenvalue weighted by Crippen LogP contribution is 2.29. The Labute approximate surface area is 114 Å². The molecule has 0 aliphatic carbocycles. The molecule has 0 spiro atoms. The van der Waals surface area contributed by atoms with Crippen LogP contribution in [0.5, 0.6) is 0 Å². The van der Waals surface area contributed by atoms with Crippen molar-refractivity contribution in [3.63, 3.8) is 0 Å². The number of nitrogens with one attached hydrogen (secondary N) is 1. The summed E-state index contributed by atoms with van der Waals surface area (Å²) in [6.45, 7) is 1.76. The zero-order valence-corrected chi connectivity index (χ0v) is 11.0. The van der Waals surface area contributed by atoms with Crippen LogP contribution in [0.2, 0.25) is 10.0 Å². The number of carbonyl (C=O) groups excluding carboxylic acids is 1. The van der Waals surface area contributed by atoms with E-state index in [9.17, 15) is 4.79 Å². The fraction of sp³-hybridized carbons (Fsp3) is 0.167. The number of anilines is 1. The molecule has 1 aromatic heterocycles. The summed E-state index contributed by atoms with van der Waals surface area (Å²) in [5.74, 6) is 0.409. The maximum Gasteiger partial charge on any atom is 0.230 e. The molecule has 0 fully saturated rings. The Balaban J connectivity index is 2.08. The highest BCUT2D eigenvalue weighted by molar-refractivity contribution is 6.39. The maximum absolute atomic E-state index is 11.8. The molecule has 6 heteroatoms. The number of nitrogens with zero attached hydrogens (tertiary/aromatic N) is 1. The van der Waals surface area contributed by atoms with Crippen molar-refractivity contribution >= 4 is 34.8 Å². The van der Waals surface area contributed by atoms with Gasteiger partial charge in [-0.3, -0.25) is 4.79 Å². The Morgan fingerprint density at radius 1 is 1.39 bits per heavy atom. The minimum Gasteiger partial charge on any atom is -0.361 e. The first-order chi connectivity index (χ1) is 8.56.